The monoisotopic (exact) mass is 233 g/mol. The van der Waals surface area contributed by atoms with Gasteiger partial charge in [0.25, 0.3) is 0 Å². The van der Waals surface area contributed by atoms with E-state index >= 15 is 0 Å². The van der Waals surface area contributed by atoms with Gasteiger partial charge < -0.3 is 19.9 Å². The van der Waals surface area contributed by atoms with Crippen LogP contribution in [0.4, 0.5) is 0 Å². The minimum atomic E-state index is 0.564. The number of ether oxygens (including phenoxy) is 3. The van der Waals surface area contributed by atoms with E-state index in [2.05, 4.69) is 13.8 Å². The van der Waals surface area contributed by atoms with E-state index < -0.39 is 0 Å². The Balaban J connectivity index is 3.19. The third kappa shape index (κ3) is 9.09. The van der Waals surface area contributed by atoms with Crippen LogP contribution in [0.5, 0.6) is 0 Å². The molecule has 0 heterocycles. The molecule has 0 radical (unpaired) electrons. The van der Waals surface area contributed by atoms with E-state index in [4.69, 9.17) is 19.9 Å². The molecule has 0 aliphatic rings. The Morgan fingerprint density at radius 2 is 1.50 bits per heavy atom. The van der Waals surface area contributed by atoms with E-state index in [9.17, 15) is 0 Å². The van der Waals surface area contributed by atoms with Crippen LogP contribution in [-0.2, 0) is 14.2 Å². The maximum atomic E-state index is 5.68. The quantitative estimate of drug-likeness (QED) is 0.546. The van der Waals surface area contributed by atoms with Crippen molar-refractivity contribution in [1.82, 2.24) is 0 Å². The first-order valence-corrected chi connectivity index (χ1v) is 6.06. The van der Waals surface area contributed by atoms with Gasteiger partial charge in [-0.15, -0.1) is 0 Å². The van der Waals surface area contributed by atoms with Crippen molar-refractivity contribution in [3.05, 3.63) is 0 Å². The first kappa shape index (κ1) is 15.8. The summed E-state index contributed by atoms with van der Waals surface area (Å²) in [7, 11) is 1.67. The smallest absolute Gasteiger partial charge is 0.0701 e. The van der Waals surface area contributed by atoms with Gasteiger partial charge in [0.1, 0.15) is 0 Å². The fourth-order valence-electron chi connectivity index (χ4n) is 1.42. The molecular formula is C12H27NO3. The summed E-state index contributed by atoms with van der Waals surface area (Å²) in [5.41, 5.74) is 5.68. The predicted molar refractivity (Wildman–Crippen MR) is 65.5 cm³/mol. The maximum Gasteiger partial charge on any atom is 0.0701 e. The van der Waals surface area contributed by atoms with Crippen LogP contribution in [0.3, 0.4) is 0 Å². The minimum Gasteiger partial charge on any atom is -0.382 e. The Kier molecular flexibility index (Phi) is 11.2. The van der Waals surface area contributed by atoms with Crippen molar-refractivity contribution in [2.75, 3.05) is 46.7 Å². The van der Waals surface area contributed by atoms with Crippen molar-refractivity contribution >= 4 is 0 Å². The minimum absolute atomic E-state index is 0.564. The maximum absolute atomic E-state index is 5.68. The van der Waals surface area contributed by atoms with Gasteiger partial charge in [-0.05, 0) is 24.8 Å². The summed E-state index contributed by atoms with van der Waals surface area (Å²) in [6.45, 7) is 8.48. The first-order chi connectivity index (χ1) is 7.72. The average molecular weight is 233 g/mol. The Morgan fingerprint density at radius 1 is 0.938 bits per heavy atom. The molecule has 0 spiro atoms. The highest BCUT2D eigenvalue weighted by Gasteiger charge is 2.10. The van der Waals surface area contributed by atoms with E-state index in [1.807, 2.05) is 0 Å². The van der Waals surface area contributed by atoms with Crippen LogP contribution < -0.4 is 5.73 Å². The summed E-state index contributed by atoms with van der Waals surface area (Å²) in [4.78, 5) is 0. The number of rotatable bonds is 11. The number of hydrogen-bond acceptors (Lipinski definition) is 4. The molecule has 0 amide bonds. The standard InChI is InChI=1S/C12H27NO3/c1-11(2)12(10-13)4-5-15-8-9-16-7-6-14-3/h11-12H,4-10,13H2,1-3H3. The molecule has 0 aliphatic heterocycles. The second-order valence-electron chi connectivity index (χ2n) is 4.25. The van der Waals surface area contributed by atoms with Gasteiger partial charge in [0.2, 0.25) is 0 Å². The second kappa shape index (κ2) is 11.3. The van der Waals surface area contributed by atoms with Crippen molar-refractivity contribution in [2.24, 2.45) is 17.6 Å². The van der Waals surface area contributed by atoms with Gasteiger partial charge in [-0.25, -0.2) is 0 Å². The van der Waals surface area contributed by atoms with E-state index in [0.717, 1.165) is 19.6 Å². The van der Waals surface area contributed by atoms with Crippen molar-refractivity contribution in [2.45, 2.75) is 20.3 Å². The van der Waals surface area contributed by atoms with Crippen molar-refractivity contribution in [1.29, 1.82) is 0 Å². The average Bonchev–Trinajstić information content (AvgIpc) is 2.26. The Hall–Kier alpha value is -0.160. The third-order valence-corrected chi connectivity index (χ3v) is 2.68. The Labute approximate surface area is 99.4 Å². The van der Waals surface area contributed by atoms with E-state index in [-0.39, 0.29) is 0 Å². The summed E-state index contributed by atoms with van der Waals surface area (Å²) >= 11 is 0. The second-order valence-corrected chi connectivity index (χ2v) is 4.25. The molecule has 0 saturated heterocycles. The third-order valence-electron chi connectivity index (χ3n) is 2.68. The van der Waals surface area contributed by atoms with Crippen LogP contribution in [0, 0.1) is 11.8 Å². The van der Waals surface area contributed by atoms with E-state index in [0.29, 0.717) is 38.3 Å². The highest BCUT2D eigenvalue weighted by atomic mass is 16.5. The zero-order valence-corrected chi connectivity index (χ0v) is 10.9. The van der Waals surface area contributed by atoms with Gasteiger partial charge in [0.15, 0.2) is 0 Å². The lowest BCUT2D eigenvalue weighted by molar-refractivity contribution is 0.0209. The molecule has 0 rings (SSSR count). The van der Waals surface area contributed by atoms with E-state index in [1.54, 1.807) is 7.11 Å². The van der Waals surface area contributed by atoms with Gasteiger partial charge in [-0.1, -0.05) is 13.8 Å². The lowest BCUT2D eigenvalue weighted by atomic mass is 9.93. The summed E-state index contributed by atoms with van der Waals surface area (Å²) in [5.74, 6) is 1.20. The fourth-order valence-corrected chi connectivity index (χ4v) is 1.42. The lowest BCUT2D eigenvalue weighted by Crippen LogP contribution is -2.22. The molecular weight excluding hydrogens is 206 g/mol. The number of hydrogen-bond donors (Lipinski definition) is 1. The highest BCUT2D eigenvalue weighted by Crippen LogP contribution is 2.13. The zero-order valence-electron chi connectivity index (χ0n) is 10.9. The molecule has 0 aromatic rings. The van der Waals surface area contributed by atoms with Crippen molar-refractivity contribution < 1.29 is 14.2 Å². The van der Waals surface area contributed by atoms with Gasteiger partial charge in [0, 0.05) is 13.7 Å². The summed E-state index contributed by atoms with van der Waals surface area (Å²) in [5, 5.41) is 0. The van der Waals surface area contributed by atoms with Crippen LogP contribution in [0.1, 0.15) is 20.3 Å². The zero-order chi connectivity index (χ0) is 12.2. The summed E-state index contributed by atoms with van der Waals surface area (Å²) in [6.07, 6.45) is 1.03. The lowest BCUT2D eigenvalue weighted by Gasteiger charge is -2.18. The Bertz CT molecular complexity index is 142. The van der Waals surface area contributed by atoms with Crippen molar-refractivity contribution in [3.63, 3.8) is 0 Å². The topological polar surface area (TPSA) is 53.7 Å². The molecule has 1 unspecified atom stereocenters. The molecule has 4 heteroatoms. The molecule has 4 nitrogen and oxygen atoms in total. The molecule has 0 aromatic carbocycles. The van der Waals surface area contributed by atoms with Gasteiger partial charge in [-0.3, -0.25) is 0 Å². The van der Waals surface area contributed by atoms with Gasteiger partial charge >= 0.3 is 0 Å². The molecule has 16 heavy (non-hydrogen) atoms. The summed E-state index contributed by atoms with van der Waals surface area (Å²) in [6, 6.07) is 0. The fraction of sp³-hybridized carbons (Fsp3) is 1.00. The molecule has 2 N–H and O–H groups in total. The van der Waals surface area contributed by atoms with Crippen LogP contribution >= 0.6 is 0 Å². The van der Waals surface area contributed by atoms with Crippen LogP contribution in [0.25, 0.3) is 0 Å². The molecule has 0 bridgehead atoms. The largest absolute Gasteiger partial charge is 0.382 e. The molecule has 1 atom stereocenters. The number of nitrogens with two attached hydrogens (primary N) is 1. The predicted octanol–water partition coefficient (Wildman–Crippen LogP) is 1.29. The van der Waals surface area contributed by atoms with Crippen LogP contribution in [0.2, 0.25) is 0 Å². The van der Waals surface area contributed by atoms with Gasteiger partial charge in [-0.2, -0.15) is 0 Å². The summed E-state index contributed by atoms with van der Waals surface area (Å²) < 4.78 is 15.6. The van der Waals surface area contributed by atoms with Crippen LogP contribution in [0.15, 0.2) is 0 Å². The molecule has 98 valence electrons. The molecule has 0 fully saturated rings. The number of methoxy groups -OCH3 is 1. The van der Waals surface area contributed by atoms with Crippen molar-refractivity contribution in [3.8, 4) is 0 Å². The highest BCUT2D eigenvalue weighted by molar-refractivity contribution is 4.63. The van der Waals surface area contributed by atoms with Crippen LogP contribution in [-0.4, -0.2) is 46.7 Å². The first-order valence-electron chi connectivity index (χ1n) is 6.06. The van der Waals surface area contributed by atoms with E-state index in [1.165, 1.54) is 0 Å². The molecule has 0 saturated carbocycles. The Morgan fingerprint density at radius 3 is 2.00 bits per heavy atom. The van der Waals surface area contributed by atoms with Gasteiger partial charge in [0.05, 0.1) is 26.4 Å². The molecule has 0 aliphatic carbocycles. The molecule has 0 aromatic heterocycles. The SMILES string of the molecule is COCCOCCOCCC(CN)C(C)C. The normalized spacial score (nSPS) is 13.3.